The number of aromatic nitrogens is 1. The van der Waals surface area contributed by atoms with E-state index in [-0.39, 0.29) is 16.4 Å². The molecule has 0 spiro atoms. The first-order valence-corrected chi connectivity index (χ1v) is 13.2. The van der Waals surface area contributed by atoms with Crippen LogP contribution in [0.15, 0.2) is 82.5 Å². The summed E-state index contributed by atoms with van der Waals surface area (Å²) in [6.07, 6.45) is 1.54. The Balaban J connectivity index is 0.00000158. The molecule has 4 aromatic rings. The molecular weight excluding hydrogens is 466 g/mol. The number of nitrogens with zero attached hydrogens (tertiary/aromatic N) is 1. The number of nitrogens with one attached hydrogen (secondary N) is 2. The number of pyridine rings is 1. The molecule has 6 nitrogen and oxygen atoms in total. The lowest BCUT2D eigenvalue weighted by molar-refractivity contribution is 0.414. The van der Waals surface area contributed by atoms with Gasteiger partial charge in [0.05, 0.1) is 23.3 Å². The standard InChI is InChI=1S/C24H21N3O3S2.C2H6/c1-16-7-9-18(10-8-16)32(28,29)27-24-22(19(11-13-26-24)17-12-14-31-15-17)23(25)20-5-3-4-6-21(20)30-2;1-2/h3-15,25H,1-2H3,(H,26,27);1-2H3. The molecule has 2 aromatic heterocycles. The fourth-order valence-electron chi connectivity index (χ4n) is 3.34. The van der Waals surface area contributed by atoms with Crippen molar-refractivity contribution in [2.75, 3.05) is 11.8 Å². The second-order valence-corrected chi connectivity index (χ2v) is 9.55. The number of hydrogen-bond donors (Lipinski definition) is 2. The molecule has 0 radical (unpaired) electrons. The van der Waals surface area contributed by atoms with E-state index in [1.807, 2.05) is 49.7 Å². The molecule has 0 fully saturated rings. The Labute approximate surface area is 204 Å². The Kier molecular flexibility index (Phi) is 8.20. The average molecular weight is 494 g/mol. The summed E-state index contributed by atoms with van der Waals surface area (Å²) in [5.41, 5.74) is 3.57. The van der Waals surface area contributed by atoms with E-state index in [2.05, 4.69) is 9.71 Å². The third kappa shape index (κ3) is 5.35. The lowest BCUT2D eigenvalue weighted by Gasteiger charge is -2.17. The molecule has 0 aliphatic rings. The van der Waals surface area contributed by atoms with Gasteiger partial charge in [0.1, 0.15) is 11.6 Å². The Morgan fingerprint density at radius 1 is 1.03 bits per heavy atom. The zero-order chi connectivity index (χ0) is 24.7. The summed E-state index contributed by atoms with van der Waals surface area (Å²) in [4.78, 5) is 4.44. The Hall–Kier alpha value is -3.49. The summed E-state index contributed by atoms with van der Waals surface area (Å²) in [5, 5.41) is 12.9. The summed E-state index contributed by atoms with van der Waals surface area (Å²) in [6, 6.07) is 17.4. The van der Waals surface area contributed by atoms with Crippen LogP contribution in [0.25, 0.3) is 11.1 Å². The van der Waals surface area contributed by atoms with Gasteiger partial charge in [-0.3, -0.25) is 10.1 Å². The smallest absolute Gasteiger partial charge is 0.263 e. The second-order valence-electron chi connectivity index (χ2n) is 7.09. The molecule has 0 unspecified atom stereocenters. The zero-order valence-corrected chi connectivity index (χ0v) is 21.1. The second kappa shape index (κ2) is 11.1. The van der Waals surface area contributed by atoms with Crippen molar-refractivity contribution >= 4 is 32.9 Å². The Bertz CT molecular complexity index is 1360. The first-order chi connectivity index (χ1) is 16.4. The van der Waals surface area contributed by atoms with Gasteiger partial charge in [-0.15, -0.1) is 0 Å². The SMILES string of the molecule is CC.COc1ccccc1C(=N)c1c(-c2ccsc2)ccnc1NS(=O)(=O)c1ccc(C)cc1. The van der Waals surface area contributed by atoms with E-state index in [1.54, 1.807) is 48.7 Å². The van der Waals surface area contributed by atoms with E-state index in [4.69, 9.17) is 10.1 Å². The van der Waals surface area contributed by atoms with Gasteiger partial charge < -0.3 is 4.74 Å². The number of rotatable bonds is 7. The zero-order valence-electron chi connectivity index (χ0n) is 19.5. The highest BCUT2D eigenvalue weighted by atomic mass is 32.2. The predicted octanol–water partition coefficient (Wildman–Crippen LogP) is 6.37. The molecule has 0 bridgehead atoms. The van der Waals surface area contributed by atoms with E-state index < -0.39 is 10.0 Å². The number of aryl methyl sites for hydroxylation is 1. The molecule has 8 heteroatoms. The molecule has 2 heterocycles. The summed E-state index contributed by atoms with van der Waals surface area (Å²) in [7, 11) is -2.37. The van der Waals surface area contributed by atoms with Crippen LogP contribution in [-0.2, 0) is 10.0 Å². The van der Waals surface area contributed by atoms with Crippen LogP contribution in [-0.4, -0.2) is 26.2 Å². The summed E-state index contributed by atoms with van der Waals surface area (Å²) < 4.78 is 34.2. The van der Waals surface area contributed by atoms with Gasteiger partial charge in [0.15, 0.2) is 0 Å². The van der Waals surface area contributed by atoms with Crippen LogP contribution < -0.4 is 9.46 Å². The number of sulfonamides is 1. The van der Waals surface area contributed by atoms with Gasteiger partial charge in [0.25, 0.3) is 10.0 Å². The van der Waals surface area contributed by atoms with Crippen LogP contribution >= 0.6 is 11.3 Å². The van der Waals surface area contributed by atoms with Gasteiger partial charge in [-0.25, -0.2) is 13.4 Å². The van der Waals surface area contributed by atoms with Crippen molar-refractivity contribution in [2.45, 2.75) is 25.7 Å². The lowest BCUT2D eigenvalue weighted by atomic mass is 9.95. The van der Waals surface area contributed by atoms with Crippen molar-refractivity contribution < 1.29 is 13.2 Å². The molecule has 34 heavy (non-hydrogen) atoms. The van der Waals surface area contributed by atoms with Gasteiger partial charge in [-0.05, 0) is 65.2 Å². The molecule has 0 amide bonds. The molecular formula is C26H27N3O3S2. The number of hydrogen-bond acceptors (Lipinski definition) is 6. The highest BCUT2D eigenvalue weighted by molar-refractivity contribution is 7.92. The van der Waals surface area contributed by atoms with Crippen molar-refractivity contribution in [3.05, 3.63) is 94.3 Å². The number of para-hydroxylation sites is 1. The Morgan fingerprint density at radius 2 is 1.74 bits per heavy atom. The normalized spacial score (nSPS) is 10.7. The predicted molar refractivity (Wildman–Crippen MR) is 140 cm³/mol. The van der Waals surface area contributed by atoms with E-state index in [0.717, 1.165) is 11.1 Å². The van der Waals surface area contributed by atoms with E-state index in [1.165, 1.54) is 18.4 Å². The quantitative estimate of drug-likeness (QED) is 0.293. The van der Waals surface area contributed by atoms with Crippen LogP contribution in [0.2, 0.25) is 0 Å². The van der Waals surface area contributed by atoms with Crippen molar-refractivity contribution in [3.63, 3.8) is 0 Å². The van der Waals surface area contributed by atoms with Gasteiger partial charge in [-0.2, -0.15) is 11.3 Å². The molecule has 4 rings (SSSR count). The van der Waals surface area contributed by atoms with E-state index in [9.17, 15) is 8.42 Å². The lowest BCUT2D eigenvalue weighted by Crippen LogP contribution is -2.18. The number of thiophene rings is 1. The number of ether oxygens (including phenoxy) is 1. The molecule has 2 N–H and O–H groups in total. The van der Waals surface area contributed by atoms with Crippen molar-refractivity contribution in [1.82, 2.24) is 4.98 Å². The maximum Gasteiger partial charge on any atom is 0.263 e. The van der Waals surface area contributed by atoms with Crippen LogP contribution in [0.4, 0.5) is 5.82 Å². The van der Waals surface area contributed by atoms with Gasteiger partial charge in [-0.1, -0.05) is 43.7 Å². The first-order valence-electron chi connectivity index (χ1n) is 10.7. The van der Waals surface area contributed by atoms with Crippen molar-refractivity contribution in [3.8, 4) is 16.9 Å². The van der Waals surface area contributed by atoms with Gasteiger partial charge >= 0.3 is 0 Å². The topological polar surface area (TPSA) is 92.1 Å². The number of anilines is 1. The molecule has 0 aliphatic carbocycles. The third-order valence-electron chi connectivity index (χ3n) is 4.97. The largest absolute Gasteiger partial charge is 0.496 e. The Morgan fingerprint density at radius 3 is 2.38 bits per heavy atom. The van der Waals surface area contributed by atoms with E-state index >= 15 is 0 Å². The number of methoxy groups -OCH3 is 1. The highest BCUT2D eigenvalue weighted by Crippen LogP contribution is 2.34. The van der Waals surface area contributed by atoms with Crippen molar-refractivity contribution in [2.24, 2.45) is 0 Å². The average Bonchev–Trinajstić information content (AvgIpc) is 3.40. The van der Waals surface area contributed by atoms with Gasteiger partial charge in [0, 0.05) is 11.8 Å². The van der Waals surface area contributed by atoms with Gasteiger partial charge in [0.2, 0.25) is 0 Å². The molecule has 0 saturated carbocycles. The summed E-state index contributed by atoms with van der Waals surface area (Å²) in [5.74, 6) is 0.607. The minimum Gasteiger partial charge on any atom is -0.496 e. The first kappa shape index (κ1) is 25.1. The molecule has 2 aromatic carbocycles. The van der Waals surface area contributed by atoms with Crippen LogP contribution in [0, 0.1) is 12.3 Å². The monoisotopic (exact) mass is 493 g/mol. The van der Waals surface area contributed by atoms with Crippen LogP contribution in [0.1, 0.15) is 30.5 Å². The molecule has 176 valence electrons. The fourth-order valence-corrected chi connectivity index (χ4v) is 5.02. The number of benzene rings is 2. The van der Waals surface area contributed by atoms with Crippen molar-refractivity contribution in [1.29, 1.82) is 5.41 Å². The highest BCUT2D eigenvalue weighted by Gasteiger charge is 2.24. The minimum atomic E-state index is -3.91. The minimum absolute atomic E-state index is 0.0881. The fraction of sp³-hybridized carbons (Fsp3) is 0.154. The van der Waals surface area contributed by atoms with Crippen LogP contribution in [0.5, 0.6) is 5.75 Å². The molecule has 0 atom stereocenters. The molecule has 0 aliphatic heterocycles. The summed E-state index contributed by atoms with van der Waals surface area (Å²) in [6.45, 7) is 5.89. The maximum atomic E-state index is 13.1. The van der Waals surface area contributed by atoms with Crippen LogP contribution in [0.3, 0.4) is 0 Å². The third-order valence-corrected chi connectivity index (χ3v) is 7.01. The summed E-state index contributed by atoms with van der Waals surface area (Å²) >= 11 is 1.52. The molecule has 0 saturated heterocycles. The maximum absolute atomic E-state index is 13.1. The van der Waals surface area contributed by atoms with E-state index in [0.29, 0.717) is 22.4 Å².